The summed E-state index contributed by atoms with van der Waals surface area (Å²) in [5, 5.41) is 10.2. The number of hydrogen-bond donors (Lipinski definition) is 1. The maximum absolute atomic E-state index is 9.40. The summed E-state index contributed by atoms with van der Waals surface area (Å²) in [5.41, 5.74) is 0.657. The normalized spacial score (nSPS) is 10.0. The number of anilines is 1. The molecule has 0 amide bonds. The fourth-order valence-electron chi connectivity index (χ4n) is 0.884. The number of nitrogens with zero attached hydrogens (tertiary/aromatic N) is 1. The van der Waals surface area contributed by atoms with E-state index in [-0.39, 0.29) is 5.75 Å². The van der Waals surface area contributed by atoms with Gasteiger partial charge in [0.15, 0.2) is 0 Å². The van der Waals surface area contributed by atoms with Gasteiger partial charge in [-0.05, 0) is 6.07 Å². The quantitative estimate of drug-likeness (QED) is 0.763. The highest BCUT2D eigenvalue weighted by atomic mass is 35.5. The van der Waals surface area contributed by atoms with Gasteiger partial charge in [0.25, 0.3) is 0 Å². The van der Waals surface area contributed by atoms with Gasteiger partial charge >= 0.3 is 0 Å². The van der Waals surface area contributed by atoms with Crippen molar-refractivity contribution in [3.8, 4) is 5.75 Å². The van der Waals surface area contributed by atoms with Gasteiger partial charge < -0.3 is 10.0 Å². The first-order valence-corrected chi connectivity index (χ1v) is 4.13. The van der Waals surface area contributed by atoms with Gasteiger partial charge in [-0.3, -0.25) is 0 Å². The molecule has 1 rings (SSSR count). The third kappa shape index (κ3) is 1.76. The van der Waals surface area contributed by atoms with E-state index in [0.29, 0.717) is 15.7 Å². The van der Waals surface area contributed by atoms with Crippen LogP contribution in [0.5, 0.6) is 5.75 Å². The Morgan fingerprint density at radius 2 is 1.67 bits per heavy atom. The standard InChI is InChI=1S/C8H9Cl2NO/c1-11(2)7-3-5(9)6(10)4-8(7)12/h3-4,12H,1-2H3. The van der Waals surface area contributed by atoms with Crippen molar-refractivity contribution >= 4 is 28.9 Å². The number of benzene rings is 1. The lowest BCUT2D eigenvalue weighted by atomic mass is 10.3. The molecule has 0 saturated heterocycles. The van der Waals surface area contributed by atoms with Gasteiger partial charge in [-0.2, -0.15) is 0 Å². The monoisotopic (exact) mass is 205 g/mol. The van der Waals surface area contributed by atoms with E-state index in [4.69, 9.17) is 23.2 Å². The minimum atomic E-state index is 0.134. The molecule has 4 heteroatoms. The van der Waals surface area contributed by atoms with E-state index in [1.807, 2.05) is 14.1 Å². The summed E-state index contributed by atoms with van der Waals surface area (Å²) >= 11 is 11.4. The van der Waals surface area contributed by atoms with Gasteiger partial charge in [-0.15, -0.1) is 0 Å². The molecular formula is C8H9Cl2NO. The Hall–Kier alpha value is -0.600. The molecule has 0 aliphatic heterocycles. The topological polar surface area (TPSA) is 23.5 Å². The Morgan fingerprint density at radius 3 is 2.17 bits per heavy atom. The number of aromatic hydroxyl groups is 1. The SMILES string of the molecule is CN(C)c1cc(Cl)c(Cl)cc1O. The molecule has 0 saturated carbocycles. The third-order valence-corrected chi connectivity index (χ3v) is 2.22. The molecule has 1 aromatic rings. The Kier molecular flexibility index (Phi) is 2.70. The molecule has 0 atom stereocenters. The summed E-state index contributed by atoms with van der Waals surface area (Å²) in [6.07, 6.45) is 0. The molecule has 0 heterocycles. The number of hydrogen-bond acceptors (Lipinski definition) is 2. The zero-order valence-corrected chi connectivity index (χ0v) is 8.32. The van der Waals surface area contributed by atoms with E-state index in [1.54, 1.807) is 11.0 Å². The van der Waals surface area contributed by atoms with Crippen LogP contribution in [0.1, 0.15) is 0 Å². The van der Waals surface area contributed by atoms with Gasteiger partial charge in [0.1, 0.15) is 5.75 Å². The van der Waals surface area contributed by atoms with Crippen LogP contribution in [-0.4, -0.2) is 19.2 Å². The summed E-state index contributed by atoms with van der Waals surface area (Å²) in [7, 11) is 3.64. The maximum Gasteiger partial charge on any atom is 0.140 e. The predicted molar refractivity (Wildman–Crippen MR) is 52.5 cm³/mol. The van der Waals surface area contributed by atoms with Crippen molar-refractivity contribution in [2.24, 2.45) is 0 Å². The van der Waals surface area contributed by atoms with Gasteiger partial charge in [0, 0.05) is 20.2 Å². The van der Waals surface area contributed by atoms with E-state index >= 15 is 0 Å². The van der Waals surface area contributed by atoms with E-state index in [9.17, 15) is 5.11 Å². The van der Waals surface area contributed by atoms with E-state index in [0.717, 1.165) is 0 Å². The van der Waals surface area contributed by atoms with Crippen molar-refractivity contribution in [3.05, 3.63) is 22.2 Å². The van der Waals surface area contributed by atoms with Crippen molar-refractivity contribution in [2.75, 3.05) is 19.0 Å². The third-order valence-electron chi connectivity index (χ3n) is 1.50. The molecular weight excluding hydrogens is 197 g/mol. The van der Waals surface area contributed by atoms with Gasteiger partial charge in [-0.1, -0.05) is 23.2 Å². The smallest absolute Gasteiger partial charge is 0.140 e. The van der Waals surface area contributed by atoms with Crippen LogP contribution in [0.2, 0.25) is 10.0 Å². The first kappa shape index (κ1) is 9.49. The lowest BCUT2D eigenvalue weighted by Crippen LogP contribution is -2.08. The second-order valence-corrected chi connectivity index (χ2v) is 3.46. The molecule has 1 N–H and O–H groups in total. The minimum absolute atomic E-state index is 0.134. The number of halogens is 2. The zero-order chi connectivity index (χ0) is 9.30. The van der Waals surface area contributed by atoms with Crippen LogP contribution in [0.3, 0.4) is 0 Å². The molecule has 1 aromatic carbocycles. The van der Waals surface area contributed by atoms with Crippen LogP contribution in [0, 0.1) is 0 Å². The molecule has 0 aliphatic carbocycles. The lowest BCUT2D eigenvalue weighted by Gasteiger charge is -2.14. The van der Waals surface area contributed by atoms with E-state index in [2.05, 4.69) is 0 Å². The van der Waals surface area contributed by atoms with Crippen LogP contribution >= 0.6 is 23.2 Å². The molecule has 66 valence electrons. The largest absolute Gasteiger partial charge is 0.506 e. The Morgan fingerprint density at radius 1 is 1.17 bits per heavy atom. The molecule has 12 heavy (non-hydrogen) atoms. The first-order chi connectivity index (χ1) is 5.52. The van der Waals surface area contributed by atoms with Crippen molar-refractivity contribution < 1.29 is 5.11 Å². The van der Waals surface area contributed by atoms with Crippen molar-refractivity contribution in [1.29, 1.82) is 0 Å². The summed E-state index contributed by atoms with van der Waals surface area (Å²) in [6.45, 7) is 0. The summed E-state index contributed by atoms with van der Waals surface area (Å²) in [5.74, 6) is 0.134. The van der Waals surface area contributed by atoms with Crippen molar-refractivity contribution in [2.45, 2.75) is 0 Å². The summed E-state index contributed by atoms with van der Waals surface area (Å²) in [4.78, 5) is 1.76. The summed E-state index contributed by atoms with van der Waals surface area (Å²) < 4.78 is 0. The Labute approximate surface area is 81.3 Å². The average molecular weight is 206 g/mol. The molecule has 2 nitrogen and oxygen atoms in total. The molecule has 0 aliphatic rings. The first-order valence-electron chi connectivity index (χ1n) is 3.37. The van der Waals surface area contributed by atoms with E-state index in [1.165, 1.54) is 6.07 Å². The molecule has 0 spiro atoms. The highest BCUT2D eigenvalue weighted by molar-refractivity contribution is 6.42. The number of rotatable bonds is 1. The Balaban J connectivity index is 3.23. The van der Waals surface area contributed by atoms with Crippen LogP contribution in [-0.2, 0) is 0 Å². The molecule has 0 radical (unpaired) electrons. The second kappa shape index (κ2) is 3.42. The van der Waals surface area contributed by atoms with Crippen LogP contribution in [0.15, 0.2) is 12.1 Å². The number of phenols is 1. The van der Waals surface area contributed by atoms with Crippen LogP contribution in [0.25, 0.3) is 0 Å². The Bertz CT molecular complexity index is 299. The summed E-state index contributed by atoms with van der Waals surface area (Å²) in [6, 6.07) is 3.05. The second-order valence-electron chi connectivity index (χ2n) is 2.65. The fraction of sp³-hybridized carbons (Fsp3) is 0.250. The van der Waals surface area contributed by atoms with Gasteiger partial charge in [0.05, 0.1) is 15.7 Å². The van der Waals surface area contributed by atoms with Crippen LogP contribution in [0.4, 0.5) is 5.69 Å². The maximum atomic E-state index is 9.40. The number of phenolic OH excluding ortho intramolecular Hbond substituents is 1. The highest BCUT2D eigenvalue weighted by Crippen LogP contribution is 2.34. The highest BCUT2D eigenvalue weighted by Gasteiger charge is 2.07. The molecule has 0 unspecified atom stereocenters. The lowest BCUT2D eigenvalue weighted by molar-refractivity contribution is 0.476. The van der Waals surface area contributed by atoms with Crippen molar-refractivity contribution in [1.82, 2.24) is 0 Å². The average Bonchev–Trinajstić information content (AvgIpc) is 1.96. The fourth-order valence-corrected chi connectivity index (χ4v) is 1.20. The molecule has 0 aromatic heterocycles. The van der Waals surface area contributed by atoms with Crippen LogP contribution < -0.4 is 4.90 Å². The van der Waals surface area contributed by atoms with Gasteiger partial charge in [0.2, 0.25) is 0 Å². The zero-order valence-electron chi connectivity index (χ0n) is 6.81. The molecule has 0 bridgehead atoms. The van der Waals surface area contributed by atoms with Crippen molar-refractivity contribution in [3.63, 3.8) is 0 Å². The molecule has 0 fully saturated rings. The minimum Gasteiger partial charge on any atom is -0.506 e. The van der Waals surface area contributed by atoms with E-state index < -0.39 is 0 Å². The van der Waals surface area contributed by atoms with Gasteiger partial charge in [-0.25, -0.2) is 0 Å². The predicted octanol–water partition coefficient (Wildman–Crippen LogP) is 2.77.